The molecule has 1 saturated heterocycles. The molecular weight excluding hydrogens is 731 g/mol. The van der Waals surface area contributed by atoms with E-state index in [-0.39, 0.29) is 31.1 Å². The van der Waals surface area contributed by atoms with E-state index >= 15 is 4.39 Å². The van der Waals surface area contributed by atoms with Gasteiger partial charge in [0, 0.05) is 42.2 Å². The van der Waals surface area contributed by atoms with Crippen molar-refractivity contribution < 1.29 is 47.6 Å². The van der Waals surface area contributed by atoms with Crippen molar-refractivity contribution in [2.24, 2.45) is 11.5 Å². The molecule has 3 aromatic rings. The van der Waals surface area contributed by atoms with E-state index in [9.17, 15) is 38.5 Å². The zero-order valence-corrected chi connectivity index (χ0v) is 30.1. The molecule has 0 radical (unpaired) electrons. The summed E-state index contributed by atoms with van der Waals surface area (Å²) in [5.41, 5.74) is 14.3. The fourth-order valence-electron chi connectivity index (χ4n) is 4.90. The summed E-state index contributed by atoms with van der Waals surface area (Å²) >= 11 is 6.88. The van der Waals surface area contributed by atoms with Gasteiger partial charge in [-0.3, -0.25) is 18.8 Å². The number of nitrogens with one attached hydrogen (secondary N) is 1. The van der Waals surface area contributed by atoms with Gasteiger partial charge in [0.25, 0.3) is 0 Å². The van der Waals surface area contributed by atoms with Crippen LogP contribution in [-0.2, 0) is 31.6 Å². The third-order valence-electron chi connectivity index (χ3n) is 7.60. The van der Waals surface area contributed by atoms with Gasteiger partial charge < -0.3 is 46.2 Å². The SMILES string of the molecule is CC(=O)NC[C@H]1CN(c2ccc(-c3ccc(CN(C/C(N)=C/N)C(=S)Sc4ccc(CC(O)([PH](=O)O)P(=O)(O)O)cc4)cc3)c(F)c2)C(=O)O1. The Balaban J connectivity index is 1.44. The van der Waals surface area contributed by atoms with Gasteiger partial charge >= 0.3 is 13.7 Å². The Hall–Kier alpha value is -3.79. The third kappa shape index (κ3) is 9.71. The minimum atomic E-state index is -5.31. The average Bonchev–Trinajstić information content (AvgIpc) is 3.44. The number of thiocarbonyl (C=S) groups is 1. The maximum atomic E-state index is 15.3. The number of hydrogen-bond acceptors (Lipinski definition) is 10. The highest BCUT2D eigenvalue weighted by Gasteiger charge is 2.50. The van der Waals surface area contributed by atoms with Gasteiger partial charge in [-0.05, 0) is 47.0 Å². The van der Waals surface area contributed by atoms with Crippen molar-refractivity contribution in [3.05, 3.63) is 95.6 Å². The van der Waals surface area contributed by atoms with Gasteiger partial charge in [-0.25, -0.2) is 9.18 Å². The predicted molar refractivity (Wildman–Crippen MR) is 192 cm³/mol. The van der Waals surface area contributed by atoms with Crippen LogP contribution in [0.2, 0.25) is 0 Å². The van der Waals surface area contributed by atoms with E-state index in [0.717, 1.165) is 5.56 Å². The van der Waals surface area contributed by atoms with Gasteiger partial charge in [0.15, 0.2) is 0 Å². The second-order valence-corrected chi connectivity index (χ2v) is 16.8. The highest BCUT2D eigenvalue weighted by atomic mass is 32.2. The van der Waals surface area contributed by atoms with Crippen LogP contribution in [0.1, 0.15) is 18.1 Å². The van der Waals surface area contributed by atoms with Crippen LogP contribution in [0.25, 0.3) is 11.1 Å². The first kappa shape index (κ1) is 39.0. The number of hydrogen-bond donors (Lipinski definition) is 7. The van der Waals surface area contributed by atoms with Crippen LogP contribution in [0.3, 0.4) is 0 Å². The molecule has 4 rings (SSSR count). The molecule has 0 aliphatic carbocycles. The first-order valence-electron chi connectivity index (χ1n) is 14.9. The number of carbonyl (C=O) groups is 2. The molecule has 1 fully saturated rings. The lowest BCUT2D eigenvalue weighted by Crippen LogP contribution is -2.33. The summed E-state index contributed by atoms with van der Waals surface area (Å²) in [6.07, 6.45) is -0.663. The molecular formula is C31H36FN5O9P2S2. The summed E-state index contributed by atoms with van der Waals surface area (Å²) in [4.78, 5) is 55.5. The van der Waals surface area contributed by atoms with Crippen LogP contribution < -0.4 is 21.7 Å². The fraction of sp³-hybridized carbons (Fsp3) is 0.258. The second kappa shape index (κ2) is 16.5. The number of aliphatic hydroxyl groups is 1. The average molecular weight is 768 g/mol. The summed E-state index contributed by atoms with van der Waals surface area (Å²) in [5, 5.41) is 9.73. The Labute approximate surface area is 297 Å². The predicted octanol–water partition coefficient (Wildman–Crippen LogP) is 3.43. The molecule has 14 nitrogen and oxygen atoms in total. The van der Waals surface area contributed by atoms with Crippen LogP contribution in [0.4, 0.5) is 14.9 Å². The number of ether oxygens (including phenoxy) is 1. The zero-order chi connectivity index (χ0) is 36.8. The van der Waals surface area contributed by atoms with Crippen molar-refractivity contribution in [2.75, 3.05) is 24.5 Å². The van der Waals surface area contributed by atoms with Crippen LogP contribution >= 0.6 is 39.6 Å². The van der Waals surface area contributed by atoms with Crippen molar-refractivity contribution in [1.82, 2.24) is 10.2 Å². The molecule has 9 N–H and O–H groups in total. The minimum Gasteiger partial charge on any atom is -0.442 e. The summed E-state index contributed by atoms with van der Waals surface area (Å²) < 4.78 is 44.2. The molecule has 1 aliphatic rings. The number of carbonyl (C=O) groups excluding carboxylic acids is 2. The van der Waals surface area contributed by atoms with Crippen molar-refractivity contribution in [3.8, 4) is 11.1 Å². The Bertz CT molecular complexity index is 1850. The van der Waals surface area contributed by atoms with Gasteiger partial charge in [-0.2, -0.15) is 0 Å². The lowest BCUT2D eigenvalue weighted by Gasteiger charge is -2.26. The number of nitrogens with two attached hydrogens (primary N) is 2. The highest BCUT2D eigenvalue weighted by molar-refractivity contribution is 8.22. The molecule has 1 aliphatic heterocycles. The van der Waals surface area contributed by atoms with Crippen LogP contribution in [-0.4, -0.2) is 71.8 Å². The normalized spacial score (nSPS) is 16.8. The van der Waals surface area contributed by atoms with Gasteiger partial charge in [-0.15, -0.1) is 0 Å². The number of thioether (sulfide) groups is 1. The molecule has 0 saturated carbocycles. The number of anilines is 1. The van der Waals surface area contributed by atoms with Crippen molar-refractivity contribution in [3.63, 3.8) is 0 Å². The molecule has 3 aromatic carbocycles. The number of benzene rings is 3. The van der Waals surface area contributed by atoms with Gasteiger partial charge in [0.2, 0.25) is 19.0 Å². The maximum Gasteiger partial charge on any atom is 0.414 e. The van der Waals surface area contributed by atoms with Crippen LogP contribution in [0.5, 0.6) is 0 Å². The maximum absolute atomic E-state index is 15.3. The molecule has 0 bridgehead atoms. The molecule has 50 heavy (non-hydrogen) atoms. The number of nitrogens with zero attached hydrogens (tertiary/aromatic N) is 2. The largest absolute Gasteiger partial charge is 0.442 e. The van der Waals surface area contributed by atoms with Crippen LogP contribution in [0, 0.1) is 5.82 Å². The van der Waals surface area contributed by atoms with Crippen molar-refractivity contribution >= 4 is 61.6 Å². The molecule has 0 spiro atoms. The smallest absolute Gasteiger partial charge is 0.414 e. The van der Waals surface area contributed by atoms with E-state index in [0.29, 0.717) is 38.3 Å². The lowest BCUT2D eigenvalue weighted by atomic mass is 10.0. The Morgan fingerprint density at radius 3 is 2.40 bits per heavy atom. The lowest BCUT2D eigenvalue weighted by molar-refractivity contribution is -0.119. The molecule has 2 unspecified atom stereocenters. The number of amides is 2. The molecule has 0 aromatic heterocycles. The van der Waals surface area contributed by atoms with Gasteiger partial charge in [0.1, 0.15) is 16.2 Å². The molecule has 3 atom stereocenters. The van der Waals surface area contributed by atoms with Gasteiger partial charge in [0.05, 0.1) is 25.3 Å². The van der Waals surface area contributed by atoms with E-state index in [4.69, 9.17) is 28.4 Å². The topological polar surface area (TPSA) is 229 Å². The number of rotatable bonds is 13. The standard InChI is InChI=1S/C31H36FN5O9P2S2/c1-19(38)35-15-25-18-37(29(39)46-25)24-8-11-27(28(32)12-24)22-6-2-21(3-7-22)16-36(17-23(34)14-33)30(49)50-26-9-4-20(5-10-26)13-31(40,47(41)42)48(43,44)45/h2-12,14,25,40,47H,13,15-18,33-34H2,1H3,(H,35,38)(H,41,42)(H2,43,44,45)/b23-14-/t25-,31?/m0/s1. The summed E-state index contributed by atoms with van der Waals surface area (Å²) in [7, 11) is -9.32. The fourth-order valence-corrected chi connectivity index (χ4v) is 7.79. The summed E-state index contributed by atoms with van der Waals surface area (Å²) in [6, 6.07) is 17.6. The molecule has 19 heteroatoms. The summed E-state index contributed by atoms with van der Waals surface area (Å²) in [6.45, 7) is 2.16. The Kier molecular flexibility index (Phi) is 12.9. The highest BCUT2D eigenvalue weighted by Crippen LogP contribution is 2.61. The molecule has 268 valence electrons. The summed E-state index contributed by atoms with van der Waals surface area (Å²) in [5.74, 6) is -0.796. The third-order valence-corrected chi connectivity index (χ3v) is 12.5. The first-order chi connectivity index (χ1) is 23.5. The van der Waals surface area contributed by atoms with Crippen LogP contribution in [0.15, 0.2) is 83.5 Å². The number of cyclic esters (lactones) is 1. The van der Waals surface area contributed by atoms with Gasteiger partial charge in [-0.1, -0.05) is 60.4 Å². The Morgan fingerprint density at radius 1 is 1.20 bits per heavy atom. The number of halogens is 1. The Morgan fingerprint density at radius 2 is 1.84 bits per heavy atom. The monoisotopic (exact) mass is 767 g/mol. The second-order valence-electron chi connectivity index (χ2n) is 11.4. The van der Waals surface area contributed by atoms with E-state index in [1.807, 2.05) is 0 Å². The van der Waals surface area contributed by atoms with E-state index in [2.05, 4.69) is 5.32 Å². The van der Waals surface area contributed by atoms with Crippen molar-refractivity contribution in [1.29, 1.82) is 0 Å². The minimum absolute atomic E-state index is 0.154. The zero-order valence-electron chi connectivity index (χ0n) is 26.6. The van der Waals surface area contributed by atoms with E-state index in [1.165, 1.54) is 48.0 Å². The van der Waals surface area contributed by atoms with Crippen molar-refractivity contribution in [2.45, 2.75) is 36.0 Å². The molecule has 1 heterocycles. The first-order valence-corrected chi connectivity index (χ1v) is 19.0. The van der Waals surface area contributed by atoms with E-state index < -0.39 is 45.1 Å². The van der Waals surface area contributed by atoms with E-state index in [1.54, 1.807) is 53.4 Å². The molecule has 2 amide bonds. The quantitative estimate of drug-likeness (QED) is 0.0752.